The topological polar surface area (TPSA) is 46.5 Å². The molecule has 1 saturated carbocycles. The Labute approximate surface area is 118 Å². The lowest BCUT2D eigenvalue weighted by atomic mass is 9.76. The average Bonchev–Trinajstić information content (AvgIpc) is 2.37. The SMILES string of the molecule is CC1(C)CCC(OCc2cc(F)ccc2C(=O)O)CC1. The zero-order valence-corrected chi connectivity index (χ0v) is 12.0. The number of benzene rings is 1. The van der Waals surface area contributed by atoms with Crippen molar-refractivity contribution in [1.82, 2.24) is 0 Å². The van der Waals surface area contributed by atoms with Gasteiger partial charge in [-0.3, -0.25) is 0 Å². The highest BCUT2D eigenvalue weighted by Gasteiger charge is 2.27. The van der Waals surface area contributed by atoms with Crippen LogP contribution in [0.3, 0.4) is 0 Å². The molecular formula is C16H21FO3. The summed E-state index contributed by atoms with van der Waals surface area (Å²) in [6.07, 6.45) is 4.31. The van der Waals surface area contributed by atoms with Gasteiger partial charge in [0, 0.05) is 0 Å². The first-order chi connectivity index (χ1) is 9.37. The number of carbonyl (C=O) groups is 1. The maximum absolute atomic E-state index is 13.2. The molecule has 3 nitrogen and oxygen atoms in total. The molecule has 1 aromatic rings. The van der Waals surface area contributed by atoms with Crippen LogP contribution in [0, 0.1) is 11.2 Å². The number of ether oxygens (including phenoxy) is 1. The van der Waals surface area contributed by atoms with Crippen LogP contribution in [0.4, 0.5) is 4.39 Å². The van der Waals surface area contributed by atoms with Crippen molar-refractivity contribution in [2.75, 3.05) is 0 Å². The molecule has 1 N–H and O–H groups in total. The fourth-order valence-corrected chi connectivity index (χ4v) is 2.64. The fourth-order valence-electron chi connectivity index (χ4n) is 2.64. The molecule has 0 bridgehead atoms. The van der Waals surface area contributed by atoms with Crippen molar-refractivity contribution in [1.29, 1.82) is 0 Å². The molecule has 0 amide bonds. The second-order valence-electron chi connectivity index (χ2n) is 6.28. The Morgan fingerprint density at radius 2 is 2.05 bits per heavy atom. The number of hydrogen-bond acceptors (Lipinski definition) is 2. The van der Waals surface area contributed by atoms with Crippen LogP contribution >= 0.6 is 0 Å². The van der Waals surface area contributed by atoms with Gasteiger partial charge in [-0.2, -0.15) is 0 Å². The minimum Gasteiger partial charge on any atom is -0.478 e. The Morgan fingerprint density at radius 1 is 1.40 bits per heavy atom. The molecule has 20 heavy (non-hydrogen) atoms. The van der Waals surface area contributed by atoms with Gasteiger partial charge in [0.2, 0.25) is 0 Å². The van der Waals surface area contributed by atoms with E-state index < -0.39 is 11.8 Å². The largest absolute Gasteiger partial charge is 0.478 e. The summed E-state index contributed by atoms with van der Waals surface area (Å²) in [5, 5.41) is 9.08. The summed E-state index contributed by atoms with van der Waals surface area (Å²) in [7, 11) is 0. The average molecular weight is 280 g/mol. The number of hydrogen-bond donors (Lipinski definition) is 1. The Morgan fingerprint density at radius 3 is 2.65 bits per heavy atom. The summed E-state index contributed by atoms with van der Waals surface area (Å²) >= 11 is 0. The maximum atomic E-state index is 13.2. The zero-order valence-electron chi connectivity index (χ0n) is 12.0. The van der Waals surface area contributed by atoms with Crippen LogP contribution in [0.15, 0.2) is 18.2 Å². The van der Waals surface area contributed by atoms with E-state index in [1.165, 1.54) is 12.1 Å². The molecule has 0 spiro atoms. The summed E-state index contributed by atoms with van der Waals surface area (Å²) in [6, 6.07) is 3.70. The van der Waals surface area contributed by atoms with E-state index in [9.17, 15) is 9.18 Å². The van der Waals surface area contributed by atoms with Gasteiger partial charge in [-0.1, -0.05) is 13.8 Å². The molecule has 0 heterocycles. The molecule has 4 heteroatoms. The molecule has 1 aromatic carbocycles. The second kappa shape index (κ2) is 5.92. The number of carboxylic acids is 1. The number of rotatable bonds is 4. The van der Waals surface area contributed by atoms with Gasteiger partial charge in [-0.05, 0) is 54.9 Å². The third-order valence-electron chi connectivity index (χ3n) is 4.06. The smallest absolute Gasteiger partial charge is 0.336 e. The monoisotopic (exact) mass is 280 g/mol. The lowest BCUT2D eigenvalue weighted by molar-refractivity contribution is -0.00605. The Kier molecular flexibility index (Phi) is 4.43. The molecule has 1 fully saturated rings. The van der Waals surface area contributed by atoms with Crippen LogP contribution in [-0.4, -0.2) is 17.2 Å². The molecule has 1 aliphatic rings. The fraction of sp³-hybridized carbons (Fsp3) is 0.562. The molecule has 1 aliphatic carbocycles. The lowest BCUT2D eigenvalue weighted by Gasteiger charge is -2.34. The van der Waals surface area contributed by atoms with Gasteiger partial charge in [0.25, 0.3) is 0 Å². The van der Waals surface area contributed by atoms with E-state index >= 15 is 0 Å². The normalized spacial score (nSPS) is 18.9. The molecule has 0 atom stereocenters. The van der Waals surface area contributed by atoms with Crippen LogP contribution < -0.4 is 0 Å². The van der Waals surface area contributed by atoms with Gasteiger partial charge >= 0.3 is 5.97 Å². The zero-order chi connectivity index (χ0) is 14.8. The predicted octanol–water partition coefficient (Wildman–Crippen LogP) is 4.01. The molecule has 0 aliphatic heterocycles. The third kappa shape index (κ3) is 3.79. The molecule has 0 saturated heterocycles. The standard InChI is InChI=1S/C16H21FO3/c1-16(2)7-5-13(6-8-16)20-10-11-9-12(17)3-4-14(11)15(18)19/h3-4,9,13H,5-8,10H2,1-2H3,(H,18,19). The summed E-state index contributed by atoms with van der Waals surface area (Å²) in [4.78, 5) is 11.1. The van der Waals surface area contributed by atoms with Gasteiger partial charge in [0.05, 0.1) is 18.3 Å². The number of carboxylic acid groups (broad SMARTS) is 1. The summed E-state index contributed by atoms with van der Waals surface area (Å²) in [6.45, 7) is 4.65. The summed E-state index contributed by atoms with van der Waals surface area (Å²) < 4.78 is 19.0. The Hall–Kier alpha value is -1.42. The lowest BCUT2D eigenvalue weighted by Crippen LogP contribution is -2.26. The van der Waals surface area contributed by atoms with Crippen LogP contribution in [0.1, 0.15) is 55.5 Å². The number of aromatic carboxylic acids is 1. The van der Waals surface area contributed by atoms with Crippen molar-refractivity contribution < 1.29 is 19.0 Å². The van der Waals surface area contributed by atoms with E-state index in [1.807, 2.05) is 0 Å². The Balaban J connectivity index is 1.97. The van der Waals surface area contributed by atoms with Crippen LogP contribution in [0.5, 0.6) is 0 Å². The number of halogens is 1. The quantitative estimate of drug-likeness (QED) is 0.906. The maximum Gasteiger partial charge on any atom is 0.336 e. The van der Waals surface area contributed by atoms with Crippen molar-refractivity contribution in [2.45, 2.75) is 52.2 Å². The summed E-state index contributed by atoms with van der Waals surface area (Å²) in [5.41, 5.74) is 0.884. The van der Waals surface area contributed by atoms with Crippen LogP contribution in [0.25, 0.3) is 0 Å². The van der Waals surface area contributed by atoms with Crippen molar-refractivity contribution in [3.05, 3.63) is 35.1 Å². The van der Waals surface area contributed by atoms with Crippen molar-refractivity contribution >= 4 is 5.97 Å². The highest BCUT2D eigenvalue weighted by molar-refractivity contribution is 5.89. The van der Waals surface area contributed by atoms with E-state index in [0.717, 1.165) is 31.7 Å². The van der Waals surface area contributed by atoms with Crippen molar-refractivity contribution in [3.63, 3.8) is 0 Å². The first kappa shape index (κ1) is 15.0. The van der Waals surface area contributed by atoms with Gasteiger partial charge in [-0.25, -0.2) is 9.18 Å². The van der Waals surface area contributed by atoms with Crippen molar-refractivity contribution in [3.8, 4) is 0 Å². The highest BCUT2D eigenvalue weighted by atomic mass is 19.1. The van der Waals surface area contributed by atoms with E-state index in [-0.39, 0.29) is 18.3 Å². The molecule has 0 aromatic heterocycles. The summed E-state index contributed by atoms with van der Waals surface area (Å²) in [5.74, 6) is -1.48. The van der Waals surface area contributed by atoms with Crippen LogP contribution in [0.2, 0.25) is 0 Å². The van der Waals surface area contributed by atoms with E-state index in [2.05, 4.69) is 13.8 Å². The second-order valence-corrected chi connectivity index (χ2v) is 6.28. The minimum absolute atomic E-state index is 0.113. The molecule has 110 valence electrons. The first-order valence-corrected chi connectivity index (χ1v) is 7.01. The van der Waals surface area contributed by atoms with Gasteiger partial charge in [0.15, 0.2) is 0 Å². The van der Waals surface area contributed by atoms with Crippen molar-refractivity contribution in [2.24, 2.45) is 5.41 Å². The third-order valence-corrected chi connectivity index (χ3v) is 4.06. The van der Waals surface area contributed by atoms with E-state index in [4.69, 9.17) is 9.84 Å². The van der Waals surface area contributed by atoms with Gasteiger partial charge < -0.3 is 9.84 Å². The van der Waals surface area contributed by atoms with Gasteiger partial charge in [-0.15, -0.1) is 0 Å². The van der Waals surface area contributed by atoms with Gasteiger partial charge in [0.1, 0.15) is 5.82 Å². The minimum atomic E-state index is -1.05. The Bertz CT molecular complexity index is 486. The van der Waals surface area contributed by atoms with Crippen LogP contribution in [-0.2, 0) is 11.3 Å². The molecular weight excluding hydrogens is 259 g/mol. The van der Waals surface area contributed by atoms with E-state index in [0.29, 0.717) is 11.0 Å². The molecule has 2 rings (SSSR count). The highest BCUT2D eigenvalue weighted by Crippen LogP contribution is 2.36. The van der Waals surface area contributed by atoms with E-state index in [1.54, 1.807) is 0 Å². The molecule has 0 radical (unpaired) electrons. The predicted molar refractivity (Wildman–Crippen MR) is 74.2 cm³/mol. The molecule has 0 unspecified atom stereocenters. The first-order valence-electron chi connectivity index (χ1n) is 7.01.